The van der Waals surface area contributed by atoms with Crippen molar-refractivity contribution in [3.8, 4) is 0 Å². The van der Waals surface area contributed by atoms with Gasteiger partial charge in [-0.15, -0.1) is 0 Å². The van der Waals surface area contributed by atoms with Crippen molar-refractivity contribution in [2.45, 2.75) is 30.2 Å². The molecule has 1 aromatic rings. The molecule has 0 unspecified atom stereocenters. The van der Waals surface area contributed by atoms with Crippen molar-refractivity contribution in [2.24, 2.45) is 0 Å². The molecule has 1 aliphatic rings. The standard InChI is InChI=1S/C15H19ClN2O5S/c1-17(2)24(22,23)13-9-10(6-7-11(13)16)14(19)18-8-4-3-5-12(18)15(20)21/h6-7,9,12H,3-5,8H2,1-2H3,(H,20,21)/t12-/m0/s1. The summed E-state index contributed by atoms with van der Waals surface area (Å²) in [5.74, 6) is -1.56. The molecule has 1 amide bonds. The Labute approximate surface area is 145 Å². The molecular formula is C15H19ClN2O5S. The maximum atomic E-state index is 12.7. The van der Waals surface area contributed by atoms with E-state index in [9.17, 15) is 23.1 Å². The van der Waals surface area contributed by atoms with Gasteiger partial charge in [-0.05, 0) is 37.5 Å². The number of sulfonamides is 1. The molecule has 24 heavy (non-hydrogen) atoms. The normalized spacial score (nSPS) is 18.7. The molecule has 132 valence electrons. The van der Waals surface area contributed by atoms with Gasteiger partial charge in [-0.25, -0.2) is 17.5 Å². The minimum atomic E-state index is -3.81. The number of hydrogen-bond donors (Lipinski definition) is 1. The van der Waals surface area contributed by atoms with Crippen LogP contribution in [-0.4, -0.2) is 61.3 Å². The van der Waals surface area contributed by atoms with Crippen LogP contribution in [0.5, 0.6) is 0 Å². The third-order valence-corrected chi connectivity index (χ3v) is 6.28. The molecule has 1 aliphatic heterocycles. The molecule has 0 spiro atoms. The Morgan fingerprint density at radius 2 is 1.96 bits per heavy atom. The molecule has 1 N–H and O–H groups in total. The zero-order valence-corrected chi connectivity index (χ0v) is 15.0. The van der Waals surface area contributed by atoms with Crippen molar-refractivity contribution in [2.75, 3.05) is 20.6 Å². The van der Waals surface area contributed by atoms with Crippen LogP contribution in [0.25, 0.3) is 0 Å². The number of benzene rings is 1. The summed E-state index contributed by atoms with van der Waals surface area (Å²) in [5, 5.41) is 9.30. The van der Waals surface area contributed by atoms with Crippen molar-refractivity contribution in [3.05, 3.63) is 28.8 Å². The Morgan fingerprint density at radius 1 is 1.29 bits per heavy atom. The second-order valence-corrected chi connectivity index (χ2v) is 8.31. The molecule has 1 atom stereocenters. The topological polar surface area (TPSA) is 95.0 Å². The molecule has 0 saturated carbocycles. The number of likely N-dealkylation sites (tertiary alicyclic amines) is 1. The number of aliphatic carboxylic acids is 1. The number of amides is 1. The van der Waals surface area contributed by atoms with Gasteiger partial charge in [0.25, 0.3) is 5.91 Å². The highest BCUT2D eigenvalue weighted by Crippen LogP contribution is 2.27. The van der Waals surface area contributed by atoms with Gasteiger partial charge >= 0.3 is 5.97 Å². The van der Waals surface area contributed by atoms with Gasteiger partial charge in [0.1, 0.15) is 10.9 Å². The van der Waals surface area contributed by atoms with E-state index in [1.807, 2.05) is 0 Å². The maximum Gasteiger partial charge on any atom is 0.326 e. The van der Waals surface area contributed by atoms with Gasteiger partial charge in [0.2, 0.25) is 10.0 Å². The van der Waals surface area contributed by atoms with E-state index in [2.05, 4.69) is 0 Å². The number of piperidine rings is 1. The fraction of sp³-hybridized carbons (Fsp3) is 0.467. The molecule has 1 aromatic carbocycles. The van der Waals surface area contributed by atoms with Gasteiger partial charge in [-0.1, -0.05) is 11.6 Å². The lowest BCUT2D eigenvalue weighted by Gasteiger charge is -2.33. The van der Waals surface area contributed by atoms with E-state index in [-0.39, 0.29) is 15.5 Å². The predicted molar refractivity (Wildman–Crippen MR) is 88.6 cm³/mol. The number of carbonyl (C=O) groups is 2. The van der Waals surface area contributed by atoms with Crippen LogP contribution in [0.2, 0.25) is 5.02 Å². The average molecular weight is 375 g/mol. The number of carboxylic acid groups (broad SMARTS) is 1. The Hall–Kier alpha value is -1.64. The van der Waals surface area contributed by atoms with E-state index < -0.39 is 27.9 Å². The zero-order valence-electron chi connectivity index (χ0n) is 13.4. The Bertz CT molecular complexity index is 763. The number of carboxylic acids is 1. The first-order valence-electron chi connectivity index (χ1n) is 7.42. The second-order valence-electron chi connectivity index (χ2n) is 5.78. The van der Waals surface area contributed by atoms with Crippen molar-refractivity contribution in [1.82, 2.24) is 9.21 Å². The van der Waals surface area contributed by atoms with Crippen LogP contribution in [0.3, 0.4) is 0 Å². The number of nitrogens with zero attached hydrogens (tertiary/aromatic N) is 2. The molecule has 9 heteroatoms. The molecule has 0 radical (unpaired) electrons. The first kappa shape index (κ1) is 18.7. The number of hydrogen-bond acceptors (Lipinski definition) is 4. The second kappa shape index (κ2) is 7.08. The first-order chi connectivity index (χ1) is 11.2. The van der Waals surface area contributed by atoms with Crippen molar-refractivity contribution in [3.63, 3.8) is 0 Å². The monoisotopic (exact) mass is 374 g/mol. The highest BCUT2D eigenvalue weighted by atomic mass is 35.5. The quantitative estimate of drug-likeness (QED) is 0.864. The van der Waals surface area contributed by atoms with Crippen LogP contribution in [-0.2, 0) is 14.8 Å². The fourth-order valence-electron chi connectivity index (χ4n) is 2.63. The van der Waals surface area contributed by atoms with E-state index in [4.69, 9.17) is 11.6 Å². The number of halogens is 1. The smallest absolute Gasteiger partial charge is 0.326 e. The Morgan fingerprint density at radius 3 is 2.54 bits per heavy atom. The number of carbonyl (C=O) groups excluding carboxylic acids is 1. The van der Waals surface area contributed by atoms with Crippen LogP contribution >= 0.6 is 11.6 Å². The zero-order chi connectivity index (χ0) is 18.1. The van der Waals surface area contributed by atoms with Crippen LogP contribution in [0, 0.1) is 0 Å². The van der Waals surface area contributed by atoms with E-state index in [0.717, 1.165) is 10.7 Å². The Balaban J connectivity index is 2.42. The molecule has 2 rings (SSSR count). The van der Waals surface area contributed by atoms with Gasteiger partial charge < -0.3 is 10.0 Å². The first-order valence-corrected chi connectivity index (χ1v) is 9.24. The van der Waals surface area contributed by atoms with E-state index in [0.29, 0.717) is 19.4 Å². The summed E-state index contributed by atoms with van der Waals surface area (Å²) in [6.07, 6.45) is 1.84. The van der Waals surface area contributed by atoms with Crippen LogP contribution in [0.4, 0.5) is 0 Å². The summed E-state index contributed by atoms with van der Waals surface area (Å²) in [4.78, 5) is 25.1. The molecule has 1 saturated heterocycles. The largest absolute Gasteiger partial charge is 0.480 e. The molecule has 0 aliphatic carbocycles. The van der Waals surface area contributed by atoms with Gasteiger partial charge in [0, 0.05) is 26.2 Å². The Kier molecular flexibility index (Phi) is 5.52. The van der Waals surface area contributed by atoms with Crippen LogP contribution < -0.4 is 0 Å². The summed E-state index contributed by atoms with van der Waals surface area (Å²) in [6, 6.07) is 3.06. The summed E-state index contributed by atoms with van der Waals surface area (Å²) in [6.45, 7) is 0.328. The highest BCUT2D eigenvalue weighted by Gasteiger charge is 2.33. The summed E-state index contributed by atoms with van der Waals surface area (Å²) < 4.78 is 25.6. The van der Waals surface area contributed by atoms with Gasteiger partial charge in [-0.2, -0.15) is 0 Å². The minimum absolute atomic E-state index is 0.00804. The SMILES string of the molecule is CN(C)S(=O)(=O)c1cc(C(=O)N2CCCC[C@H]2C(=O)O)ccc1Cl. The van der Waals surface area contributed by atoms with Crippen molar-refractivity contribution in [1.29, 1.82) is 0 Å². The fourth-order valence-corrected chi connectivity index (χ4v) is 4.02. The van der Waals surface area contributed by atoms with Crippen molar-refractivity contribution < 1.29 is 23.1 Å². The molecule has 7 nitrogen and oxygen atoms in total. The minimum Gasteiger partial charge on any atom is -0.480 e. The van der Waals surface area contributed by atoms with Crippen molar-refractivity contribution >= 4 is 33.5 Å². The van der Waals surface area contributed by atoms with Gasteiger partial charge in [0.05, 0.1) is 5.02 Å². The van der Waals surface area contributed by atoms with Crippen LogP contribution in [0.1, 0.15) is 29.6 Å². The molecular weight excluding hydrogens is 356 g/mol. The van der Waals surface area contributed by atoms with Crippen LogP contribution in [0.15, 0.2) is 23.1 Å². The van der Waals surface area contributed by atoms with E-state index >= 15 is 0 Å². The average Bonchev–Trinajstić information content (AvgIpc) is 2.54. The lowest BCUT2D eigenvalue weighted by Crippen LogP contribution is -2.48. The lowest BCUT2D eigenvalue weighted by molar-refractivity contribution is -0.143. The lowest BCUT2D eigenvalue weighted by atomic mass is 10.0. The molecule has 1 heterocycles. The maximum absolute atomic E-state index is 12.7. The predicted octanol–water partition coefficient (Wildman–Crippen LogP) is 1.67. The third-order valence-electron chi connectivity index (χ3n) is 3.99. The summed E-state index contributed by atoms with van der Waals surface area (Å²) in [7, 11) is -1.08. The van der Waals surface area contributed by atoms with Gasteiger partial charge in [-0.3, -0.25) is 4.79 Å². The van der Waals surface area contributed by atoms with E-state index in [1.54, 1.807) is 0 Å². The molecule has 1 fully saturated rings. The number of rotatable bonds is 4. The molecule has 0 aromatic heterocycles. The summed E-state index contributed by atoms with van der Waals surface area (Å²) in [5.41, 5.74) is 0.105. The third kappa shape index (κ3) is 3.55. The van der Waals surface area contributed by atoms with Gasteiger partial charge in [0.15, 0.2) is 0 Å². The van der Waals surface area contributed by atoms with E-state index in [1.165, 1.54) is 37.2 Å². The summed E-state index contributed by atoms with van der Waals surface area (Å²) >= 11 is 5.97. The molecule has 0 bridgehead atoms. The highest BCUT2D eigenvalue weighted by molar-refractivity contribution is 7.89.